The Bertz CT molecular complexity index is 783. The molecule has 0 radical (unpaired) electrons. The molecule has 0 aliphatic rings. The van der Waals surface area contributed by atoms with E-state index in [9.17, 15) is 0 Å². The fourth-order valence-corrected chi connectivity index (χ4v) is 2.72. The summed E-state index contributed by atoms with van der Waals surface area (Å²) in [7, 11) is 3.36. The Morgan fingerprint density at radius 2 is 1.76 bits per heavy atom. The molecule has 1 heterocycles. The Morgan fingerprint density at radius 1 is 0.960 bits per heavy atom. The molecule has 0 aliphatic carbocycles. The smallest absolute Gasteiger partial charge is 0.123 e. The van der Waals surface area contributed by atoms with Crippen LogP contribution in [-0.2, 0) is 19.6 Å². The van der Waals surface area contributed by atoms with Crippen LogP contribution in [0, 0.1) is 0 Å². The lowest BCUT2D eigenvalue weighted by atomic mass is 10.1. The van der Waals surface area contributed by atoms with Crippen molar-refractivity contribution in [3.05, 3.63) is 77.9 Å². The molecule has 1 N–H and O–H groups in total. The van der Waals surface area contributed by atoms with Gasteiger partial charge in [-0.05, 0) is 29.3 Å². The average Bonchev–Trinajstić information content (AvgIpc) is 3.16. The fourth-order valence-electron chi connectivity index (χ4n) is 2.72. The van der Waals surface area contributed by atoms with Gasteiger partial charge in [-0.1, -0.05) is 24.3 Å². The quantitative estimate of drug-likeness (QED) is 0.685. The molecule has 0 fully saturated rings. The molecule has 25 heavy (non-hydrogen) atoms. The van der Waals surface area contributed by atoms with Crippen molar-refractivity contribution >= 4 is 0 Å². The number of imidazole rings is 1. The van der Waals surface area contributed by atoms with Crippen molar-refractivity contribution in [2.75, 3.05) is 14.2 Å². The van der Waals surface area contributed by atoms with E-state index in [0.717, 1.165) is 36.7 Å². The zero-order valence-electron chi connectivity index (χ0n) is 14.6. The van der Waals surface area contributed by atoms with Crippen LogP contribution in [-0.4, -0.2) is 23.8 Å². The molecule has 0 aliphatic heterocycles. The lowest BCUT2D eigenvalue weighted by Gasteiger charge is -2.12. The predicted molar refractivity (Wildman–Crippen MR) is 97.9 cm³/mol. The van der Waals surface area contributed by atoms with E-state index in [1.807, 2.05) is 30.7 Å². The van der Waals surface area contributed by atoms with Crippen molar-refractivity contribution < 1.29 is 9.47 Å². The Labute approximate surface area is 148 Å². The van der Waals surface area contributed by atoms with Crippen molar-refractivity contribution in [1.82, 2.24) is 14.9 Å². The zero-order chi connectivity index (χ0) is 17.5. The zero-order valence-corrected chi connectivity index (χ0v) is 14.6. The molecule has 3 aromatic rings. The molecule has 0 saturated heterocycles. The van der Waals surface area contributed by atoms with Gasteiger partial charge >= 0.3 is 0 Å². The molecule has 0 bridgehead atoms. The van der Waals surface area contributed by atoms with Crippen LogP contribution in [0.15, 0.2) is 61.2 Å². The first-order chi connectivity index (χ1) is 12.3. The van der Waals surface area contributed by atoms with Crippen LogP contribution in [0.3, 0.4) is 0 Å². The molecule has 3 rings (SSSR count). The molecular weight excluding hydrogens is 314 g/mol. The van der Waals surface area contributed by atoms with E-state index in [0.29, 0.717) is 0 Å². The minimum absolute atomic E-state index is 0.719. The highest BCUT2D eigenvalue weighted by Gasteiger charge is 2.05. The summed E-state index contributed by atoms with van der Waals surface area (Å²) in [6, 6.07) is 14.5. The molecule has 2 aromatic carbocycles. The van der Waals surface area contributed by atoms with Gasteiger partial charge in [-0.2, -0.15) is 0 Å². The first-order valence-corrected chi connectivity index (χ1v) is 8.23. The van der Waals surface area contributed by atoms with Crippen LogP contribution in [0.2, 0.25) is 0 Å². The molecule has 0 saturated carbocycles. The fraction of sp³-hybridized carbons (Fsp3) is 0.250. The molecule has 130 valence electrons. The summed E-state index contributed by atoms with van der Waals surface area (Å²) in [4.78, 5) is 4.07. The molecule has 0 amide bonds. The second-order valence-electron chi connectivity index (χ2n) is 5.83. The average molecular weight is 337 g/mol. The van der Waals surface area contributed by atoms with Crippen LogP contribution in [0.1, 0.15) is 16.7 Å². The second-order valence-corrected chi connectivity index (χ2v) is 5.83. The van der Waals surface area contributed by atoms with E-state index < -0.39 is 0 Å². The molecule has 5 heteroatoms. The van der Waals surface area contributed by atoms with Gasteiger partial charge in [-0.25, -0.2) is 4.98 Å². The topological polar surface area (TPSA) is 48.3 Å². The SMILES string of the molecule is COc1ccc(OC)c(CNCc2ccc(Cn3ccnc3)cc2)c1. The van der Waals surface area contributed by atoms with E-state index in [2.05, 4.69) is 39.1 Å². The number of aromatic nitrogens is 2. The van der Waals surface area contributed by atoms with Crippen molar-refractivity contribution in [2.24, 2.45) is 0 Å². The highest BCUT2D eigenvalue weighted by molar-refractivity contribution is 5.40. The molecule has 1 aromatic heterocycles. The lowest BCUT2D eigenvalue weighted by molar-refractivity contribution is 0.397. The van der Waals surface area contributed by atoms with Gasteiger partial charge in [0.05, 0.1) is 20.5 Å². The number of nitrogens with one attached hydrogen (secondary N) is 1. The van der Waals surface area contributed by atoms with Crippen molar-refractivity contribution in [1.29, 1.82) is 0 Å². The van der Waals surface area contributed by atoms with Gasteiger partial charge in [0, 0.05) is 37.6 Å². The van der Waals surface area contributed by atoms with Crippen LogP contribution in [0.4, 0.5) is 0 Å². The lowest BCUT2D eigenvalue weighted by Crippen LogP contribution is -2.13. The van der Waals surface area contributed by atoms with Gasteiger partial charge < -0.3 is 19.4 Å². The van der Waals surface area contributed by atoms with Crippen molar-refractivity contribution in [2.45, 2.75) is 19.6 Å². The van der Waals surface area contributed by atoms with Gasteiger partial charge in [0.1, 0.15) is 11.5 Å². The van der Waals surface area contributed by atoms with Crippen LogP contribution in [0.25, 0.3) is 0 Å². The van der Waals surface area contributed by atoms with Gasteiger partial charge in [0.25, 0.3) is 0 Å². The van der Waals surface area contributed by atoms with E-state index in [4.69, 9.17) is 9.47 Å². The number of hydrogen-bond acceptors (Lipinski definition) is 4. The largest absolute Gasteiger partial charge is 0.497 e. The maximum Gasteiger partial charge on any atom is 0.123 e. The predicted octanol–water partition coefficient (Wildman–Crippen LogP) is 3.24. The maximum atomic E-state index is 5.41. The number of benzene rings is 2. The summed E-state index contributed by atoms with van der Waals surface area (Å²) in [6.45, 7) is 2.36. The number of ether oxygens (including phenoxy) is 2. The van der Waals surface area contributed by atoms with Crippen molar-refractivity contribution in [3.8, 4) is 11.5 Å². The second kappa shape index (κ2) is 8.35. The third-order valence-corrected chi connectivity index (χ3v) is 4.08. The van der Waals surface area contributed by atoms with E-state index in [1.54, 1.807) is 20.4 Å². The first kappa shape index (κ1) is 17.0. The standard InChI is InChI=1S/C20H23N3O2/c1-24-19-7-8-20(25-2)18(11-19)13-22-12-16-3-5-17(6-4-16)14-23-10-9-21-15-23/h3-11,15,22H,12-14H2,1-2H3. The van der Waals surface area contributed by atoms with Crippen LogP contribution in [0.5, 0.6) is 11.5 Å². The van der Waals surface area contributed by atoms with Gasteiger partial charge in [0.15, 0.2) is 0 Å². The molecule has 5 nitrogen and oxygen atoms in total. The summed E-state index contributed by atoms with van der Waals surface area (Å²) in [6.07, 6.45) is 5.60. The monoisotopic (exact) mass is 337 g/mol. The van der Waals surface area contributed by atoms with Gasteiger partial charge in [0.2, 0.25) is 0 Å². The van der Waals surface area contributed by atoms with Crippen LogP contribution >= 0.6 is 0 Å². The van der Waals surface area contributed by atoms with Gasteiger partial charge in [-0.3, -0.25) is 0 Å². The minimum atomic E-state index is 0.719. The molecular formula is C20H23N3O2. The van der Waals surface area contributed by atoms with E-state index in [-0.39, 0.29) is 0 Å². The maximum absolute atomic E-state index is 5.41. The summed E-state index contributed by atoms with van der Waals surface area (Å²) >= 11 is 0. The van der Waals surface area contributed by atoms with E-state index >= 15 is 0 Å². The van der Waals surface area contributed by atoms with Crippen molar-refractivity contribution in [3.63, 3.8) is 0 Å². The summed E-state index contributed by atoms with van der Waals surface area (Å²) < 4.78 is 12.8. The number of hydrogen-bond donors (Lipinski definition) is 1. The highest BCUT2D eigenvalue weighted by atomic mass is 16.5. The van der Waals surface area contributed by atoms with Gasteiger partial charge in [-0.15, -0.1) is 0 Å². The third-order valence-electron chi connectivity index (χ3n) is 4.08. The molecule has 0 atom stereocenters. The third kappa shape index (κ3) is 4.61. The summed E-state index contributed by atoms with van der Waals surface area (Å²) in [5, 5.41) is 3.46. The highest BCUT2D eigenvalue weighted by Crippen LogP contribution is 2.23. The number of methoxy groups -OCH3 is 2. The first-order valence-electron chi connectivity index (χ1n) is 8.23. The Balaban J connectivity index is 1.55. The Morgan fingerprint density at radius 3 is 2.44 bits per heavy atom. The molecule has 0 spiro atoms. The van der Waals surface area contributed by atoms with Crippen LogP contribution < -0.4 is 14.8 Å². The molecule has 0 unspecified atom stereocenters. The normalized spacial score (nSPS) is 10.6. The number of nitrogens with zero attached hydrogens (tertiary/aromatic N) is 2. The minimum Gasteiger partial charge on any atom is -0.497 e. The Kier molecular flexibility index (Phi) is 5.69. The van der Waals surface area contributed by atoms with E-state index in [1.165, 1.54) is 11.1 Å². The Hall–Kier alpha value is -2.79. The number of rotatable bonds is 8. The summed E-state index contributed by atoms with van der Waals surface area (Å²) in [5.74, 6) is 1.70. The summed E-state index contributed by atoms with van der Waals surface area (Å²) in [5.41, 5.74) is 3.59.